The molecule has 0 saturated carbocycles. The quantitative estimate of drug-likeness (QED) is 0.501. The molecule has 1 amide bonds. The third-order valence-corrected chi connectivity index (χ3v) is 6.01. The van der Waals surface area contributed by atoms with Gasteiger partial charge in [0.2, 0.25) is 0 Å². The zero-order chi connectivity index (χ0) is 23.3. The average molecular weight is 445 g/mol. The highest BCUT2D eigenvalue weighted by atomic mass is 16.1. The first-order chi connectivity index (χ1) is 15.8. The van der Waals surface area contributed by atoms with Crippen molar-refractivity contribution < 1.29 is 4.79 Å². The number of piperazine rings is 1. The fourth-order valence-corrected chi connectivity index (χ4v) is 4.70. The van der Waals surface area contributed by atoms with Gasteiger partial charge in [-0.05, 0) is 51.5 Å². The van der Waals surface area contributed by atoms with Crippen LogP contribution in [0, 0.1) is 13.8 Å². The maximum Gasteiger partial charge on any atom is 0.259 e. The molecule has 4 aromatic rings. The average Bonchev–Trinajstić information content (AvgIpc) is 3.12. The maximum atomic E-state index is 13.3. The van der Waals surface area contributed by atoms with E-state index in [9.17, 15) is 4.79 Å². The molecule has 2 atom stereocenters. The number of aryl methyl sites for hydroxylation is 3. The second-order valence-corrected chi connectivity index (χ2v) is 9.00. The second kappa shape index (κ2) is 8.08. The van der Waals surface area contributed by atoms with Gasteiger partial charge in [-0.15, -0.1) is 0 Å². The lowest BCUT2D eigenvalue weighted by Crippen LogP contribution is -2.54. The number of rotatable bonds is 3. The molecule has 170 valence electrons. The molecule has 2 N–H and O–H groups in total. The summed E-state index contributed by atoms with van der Waals surface area (Å²) in [6.45, 7) is 9.93. The number of fused-ring (bicyclic) bond motifs is 2. The van der Waals surface area contributed by atoms with Crippen molar-refractivity contribution in [3.05, 3.63) is 47.5 Å². The molecule has 0 unspecified atom stereocenters. The molecule has 9 nitrogen and oxygen atoms in total. The number of amides is 1. The van der Waals surface area contributed by atoms with Crippen LogP contribution in [-0.2, 0) is 7.05 Å². The van der Waals surface area contributed by atoms with E-state index < -0.39 is 0 Å². The lowest BCUT2D eigenvalue weighted by molar-refractivity contribution is 0.102. The van der Waals surface area contributed by atoms with Gasteiger partial charge >= 0.3 is 0 Å². The number of benzene rings is 1. The molecule has 0 aliphatic carbocycles. The molecule has 9 heteroatoms. The summed E-state index contributed by atoms with van der Waals surface area (Å²) in [5.74, 6) is 0.870. The fourth-order valence-electron chi connectivity index (χ4n) is 4.70. The van der Waals surface area contributed by atoms with Crippen molar-refractivity contribution >= 4 is 39.3 Å². The number of nitrogens with one attached hydrogen (secondary N) is 2. The Morgan fingerprint density at radius 3 is 2.64 bits per heavy atom. The zero-order valence-electron chi connectivity index (χ0n) is 19.5. The molecular formula is C24H28N8O. The summed E-state index contributed by atoms with van der Waals surface area (Å²) >= 11 is 0. The summed E-state index contributed by atoms with van der Waals surface area (Å²) in [7, 11) is 1.86. The number of nitrogens with zero attached hydrogens (tertiary/aromatic N) is 6. The van der Waals surface area contributed by atoms with Crippen LogP contribution in [0.3, 0.4) is 0 Å². The maximum absolute atomic E-state index is 13.3. The predicted octanol–water partition coefficient (Wildman–Crippen LogP) is 2.97. The molecule has 4 heterocycles. The molecule has 1 aromatic carbocycles. The lowest BCUT2D eigenvalue weighted by Gasteiger charge is -2.38. The second-order valence-electron chi connectivity index (χ2n) is 9.00. The van der Waals surface area contributed by atoms with E-state index >= 15 is 0 Å². The number of pyridine rings is 1. The van der Waals surface area contributed by atoms with E-state index in [1.54, 1.807) is 4.68 Å². The van der Waals surface area contributed by atoms with Crippen molar-refractivity contribution in [1.29, 1.82) is 0 Å². The fraction of sp³-hybridized carbons (Fsp3) is 0.375. The zero-order valence-corrected chi connectivity index (χ0v) is 19.5. The number of aromatic nitrogens is 5. The topological polar surface area (TPSA) is 101 Å². The van der Waals surface area contributed by atoms with Gasteiger partial charge in [0, 0.05) is 49.5 Å². The van der Waals surface area contributed by atoms with E-state index in [0.29, 0.717) is 34.8 Å². The van der Waals surface area contributed by atoms with Crippen LogP contribution in [0.15, 0.2) is 30.6 Å². The van der Waals surface area contributed by atoms with Crippen LogP contribution in [0.4, 0.5) is 11.5 Å². The van der Waals surface area contributed by atoms with Crippen molar-refractivity contribution in [2.24, 2.45) is 7.05 Å². The molecule has 1 saturated heterocycles. The van der Waals surface area contributed by atoms with Gasteiger partial charge in [-0.25, -0.2) is 15.0 Å². The number of hydrogen-bond donors (Lipinski definition) is 2. The van der Waals surface area contributed by atoms with E-state index in [2.05, 4.69) is 49.4 Å². The summed E-state index contributed by atoms with van der Waals surface area (Å²) < 4.78 is 1.72. The van der Waals surface area contributed by atoms with Crippen LogP contribution in [0.5, 0.6) is 0 Å². The largest absolute Gasteiger partial charge is 0.368 e. The Morgan fingerprint density at radius 1 is 1.12 bits per heavy atom. The lowest BCUT2D eigenvalue weighted by atomic mass is 10.0. The van der Waals surface area contributed by atoms with Gasteiger partial charge in [0.25, 0.3) is 5.91 Å². The summed E-state index contributed by atoms with van der Waals surface area (Å²) in [4.78, 5) is 29.3. The van der Waals surface area contributed by atoms with E-state index in [4.69, 9.17) is 0 Å². The molecule has 1 aliphatic rings. The standard InChI is InChI=1S/C24H28N8O/c1-13-8-21(28-19-12-31(5)30-22(13)19)29-24(33)17-6-7-20(18-9-25-16(4)27-23(17)18)32-10-14(2)26-15(3)11-32/h6-9,12,14-15,26H,10-11H2,1-5H3,(H,28,29,33)/t14-,15+. The van der Waals surface area contributed by atoms with E-state index in [0.717, 1.165) is 40.8 Å². The monoisotopic (exact) mass is 444 g/mol. The van der Waals surface area contributed by atoms with Crippen molar-refractivity contribution in [2.75, 3.05) is 23.3 Å². The summed E-state index contributed by atoms with van der Waals surface area (Å²) in [6.07, 6.45) is 3.67. The number of carbonyl (C=O) groups is 1. The predicted molar refractivity (Wildman–Crippen MR) is 130 cm³/mol. The first kappa shape index (κ1) is 21.3. The Kier molecular flexibility index (Phi) is 5.20. The Hall–Kier alpha value is -3.59. The number of anilines is 2. The van der Waals surface area contributed by atoms with Crippen LogP contribution < -0.4 is 15.5 Å². The van der Waals surface area contributed by atoms with Gasteiger partial charge in [-0.3, -0.25) is 9.48 Å². The van der Waals surface area contributed by atoms with Gasteiger partial charge in [-0.1, -0.05) is 0 Å². The summed E-state index contributed by atoms with van der Waals surface area (Å²) in [6, 6.07) is 6.44. The Morgan fingerprint density at radius 2 is 1.88 bits per heavy atom. The van der Waals surface area contributed by atoms with E-state index in [1.165, 1.54) is 0 Å². The van der Waals surface area contributed by atoms with Gasteiger partial charge < -0.3 is 15.5 Å². The van der Waals surface area contributed by atoms with E-state index in [1.807, 2.05) is 51.5 Å². The molecule has 33 heavy (non-hydrogen) atoms. The van der Waals surface area contributed by atoms with Crippen LogP contribution in [-0.4, -0.2) is 55.8 Å². The van der Waals surface area contributed by atoms with Gasteiger partial charge in [0.15, 0.2) is 0 Å². The molecule has 3 aromatic heterocycles. The van der Waals surface area contributed by atoms with Crippen LogP contribution in [0.1, 0.15) is 35.6 Å². The third-order valence-electron chi connectivity index (χ3n) is 6.01. The minimum atomic E-state index is -0.248. The molecule has 1 aliphatic heterocycles. The Labute approximate surface area is 192 Å². The minimum Gasteiger partial charge on any atom is -0.368 e. The SMILES string of the molecule is Cc1ncc2c(N3C[C@@H](C)N[C@@H](C)C3)ccc(C(=O)Nc3cc(C)c4nn(C)cc4n3)c2n1. The minimum absolute atomic E-state index is 0.248. The van der Waals surface area contributed by atoms with Gasteiger partial charge in [-0.2, -0.15) is 5.10 Å². The highest BCUT2D eigenvalue weighted by molar-refractivity contribution is 6.13. The van der Waals surface area contributed by atoms with Crippen molar-refractivity contribution in [3.63, 3.8) is 0 Å². The molecule has 0 radical (unpaired) electrons. The summed E-state index contributed by atoms with van der Waals surface area (Å²) in [5.41, 5.74) is 4.72. The molecular weight excluding hydrogens is 416 g/mol. The molecule has 5 rings (SSSR count). The van der Waals surface area contributed by atoms with Gasteiger partial charge in [0.05, 0.1) is 17.3 Å². The van der Waals surface area contributed by atoms with E-state index in [-0.39, 0.29) is 5.91 Å². The summed E-state index contributed by atoms with van der Waals surface area (Å²) in [5, 5.41) is 11.8. The normalized spacial score (nSPS) is 18.8. The molecule has 0 spiro atoms. The molecule has 0 bridgehead atoms. The van der Waals surface area contributed by atoms with Crippen LogP contribution in [0.2, 0.25) is 0 Å². The number of hydrogen-bond acceptors (Lipinski definition) is 7. The number of carbonyl (C=O) groups excluding carboxylic acids is 1. The van der Waals surface area contributed by atoms with Crippen molar-refractivity contribution in [3.8, 4) is 0 Å². The van der Waals surface area contributed by atoms with Gasteiger partial charge in [0.1, 0.15) is 22.7 Å². The van der Waals surface area contributed by atoms with Crippen LogP contribution >= 0.6 is 0 Å². The first-order valence-corrected chi connectivity index (χ1v) is 11.2. The molecule has 1 fully saturated rings. The third kappa shape index (κ3) is 4.00. The Bertz CT molecular complexity index is 1370. The highest BCUT2D eigenvalue weighted by Gasteiger charge is 2.24. The van der Waals surface area contributed by atoms with Crippen LogP contribution in [0.25, 0.3) is 21.9 Å². The Balaban J connectivity index is 1.53. The van der Waals surface area contributed by atoms with Crippen molar-refractivity contribution in [1.82, 2.24) is 30.0 Å². The smallest absolute Gasteiger partial charge is 0.259 e. The van der Waals surface area contributed by atoms with Crippen molar-refractivity contribution in [2.45, 2.75) is 39.8 Å². The first-order valence-electron chi connectivity index (χ1n) is 11.2. The highest BCUT2D eigenvalue weighted by Crippen LogP contribution is 2.30.